The molecule has 0 radical (unpaired) electrons. The third kappa shape index (κ3) is 3.43. The summed E-state index contributed by atoms with van der Waals surface area (Å²) in [6.07, 6.45) is -2.69. The summed E-state index contributed by atoms with van der Waals surface area (Å²) < 4.78 is 31.0. The van der Waals surface area contributed by atoms with Gasteiger partial charge in [-0.2, -0.15) is 5.10 Å². The van der Waals surface area contributed by atoms with Gasteiger partial charge in [-0.05, 0) is 13.3 Å². The average molecular weight is 320 g/mol. The Bertz CT molecular complexity index is 586. The lowest BCUT2D eigenvalue weighted by molar-refractivity contribution is -0.217. The Morgan fingerprint density at radius 1 is 1.29 bits per heavy atom. The third-order valence-corrected chi connectivity index (χ3v) is 5.36. The minimum Gasteiger partial charge on any atom is -0.388 e. The second-order valence-electron chi connectivity index (χ2n) is 5.31. The van der Waals surface area contributed by atoms with E-state index in [4.69, 9.17) is 4.74 Å². The maximum atomic E-state index is 12.1. The third-order valence-electron chi connectivity index (χ3n) is 3.66. The fourth-order valence-corrected chi connectivity index (χ4v) is 3.62. The van der Waals surface area contributed by atoms with E-state index in [9.17, 15) is 23.7 Å². The highest BCUT2D eigenvalue weighted by atomic mass is 32.2. The molecule has 8 nitrogen and oxygen atoms in total. The van der Waals surface area contributed by atoms with Gasteiger partial charge in [-0.3, -0.25) is 4.68 Å². The first-order valence-corrected chi connectivity index (χ1v) is 8.28. The molecule has 5 atom stereocenters. The lowest BCUT2D eigenvalue weighted by atomic mass is 9.94. The van der Waals surface area contributed by atoms with Crippen LogP contribution in [0.4, 0.5) is 0 Å². The number of aromatic nitrogens is 2. The van der Waals surface area contributed by atoms with Gasteiger partial charge in [-0.25, -0.2) is 8.42 Å². The lowest BCUT2D eigenvalue weighted by Gasteiger charge is -2.39. The molecule has 0 saturated carbocycles. The first-order chi connectivity index (χ1) is 9.72. The van der Waals surface area contributed by atoms with E-state index in [0.717, 1.165) is 0 Å². The summed E-state index contributed by atoms with van der Waals surface area (Å²) in [6, 6.07) is 0. The molecule has 3 N–H and O–H groups in total. The SMILES string of the molecule is CC1O[C@H](CCS(=O)(=O)c2cnn(C)c2)C(O)[C@@H](O)[C@@H]1O. The molecular formula is C12H20N2O6S. The summed E-state index contributed by atoms with van der Waals surface area (Å²) in [4.78, 5) is 0.101. The normalized spacial score (nSPS) is 34.0. The average Bonchev–Trinajstić information content (AvgIpc) is 2.86. The largest absolute Gasteiger partial charge is 0.388 e. The molecule has 1 fully saturated rings. The fourth-order valence-electron chi connectivity index (χ4n) is 2.32. The zero-order valence-corrected chi connectivity index (χ0v) is 12.6. The van der Waals surface area contributed by atoms with Crippen LogP contribution in [0.1, 0.15) is 13.3 Å². The fraction of sp³-hybridized carbons (Fsp3) is 0.750. The number of nitrogens with zero attached hydrogens (tertiary/aromatic N) is 2. The van der Waals surface area contributed by atoms with Gasteiger partial charge in [0.15, 0.2) is 9.84 Å². The van der Waals surface area contributed by atoms with Crippen LogP contribution in [0, 0.1) is 0 Å². The van der Waals surface area contributed by atoms with Crippen LogP contribution >= 0.6 is 0 Å². The molecule has 120 valence electrons. The van der Waals surface area contributed by atoms with E-state index in [2.05, 4.69) is 5.10 Å². The van der Waals surface area contributed by atoms with Crippen molar-refractivity contribution in [1.29, 1.82) is 0 Å². The molecule has 1 aromatic rings. The van der Waals surface area contributed by atoms with E-state index in [1.54, 1.807) is 14.0 Å². The van der Waals surface area contributed by atoms with Crippen LogP contribution in [0.2, 0.25) is 0 Å². The highest BCUT2D eigenvalue weighted by Gasteiger charge is 2.41. The molecule has 0 aromatic carbocycles. The molecular weight excluding hydrogens is 300 g/mol. The number of aliphatic hydroxyl groups is 3. The number of hydrogen-bond acceptors (Lipinski definition) is 7. The first-order valence-electron chi connectivity index (χ1n) is 6.63. The van der Waals surface area contributed by atoms with Crippen molar-refractivity contribution in [1.82, 2.24) is 9.78 Å². The number of sulfone groups is 1. The predicted molar refractivity (Wildman–Crippen MR) is 72.2 cm³/mol. The summed E-state index contributed by atoms with van der Waals surface area (Å²) in [5, 5.41) is 32.9. The van der Waals surface area contributed by atoms with E-state index in [1.807, 2.05) is 0 Å². The molecule has 0 amide bonds. The number of aryl methyl sites for hydroxylation is 1. The van der Waals surface area contributed by atoms with Gasteiger partial charge in [0, 0.05) is 13.2 Å². The van der Waals surface area contributed by atoms with E-state index in [1.165, 1.54) is 17.1 Å². The van der Waals surface area contributed by atoms with Crippen molar-refractivity contribution in [2.75, 3.05) is 5.75 Å². The van der Waals surface area contributed by atoms with Crippen molar-refractivity contribution in [3.8, 4) is 0 Å². The van der Waals surface area contributed by atoms with Crippen molar-refractivity contribution in [2.24, 2.45) is 7.05 Å². The van der Waals surface area contributed by atoms with Crippen molar-refractivity contribution < 1.29 is 28.5 Å². The highest BCUT2D eigenvalue weighted by molar-refractivity contribution is 7.91. The second kappa shape index (κ2) is 6.01. The summed E-state index contributed by atoms with van der Waals surface area (Å²) in [5.74, 6) is -0.240. The summed E-state index contributed by atoms with van der Waals surface area (Å²) in [7, 11) is -1.91. The van der Waals surface area contributed by atoms with Gasteiger partial charge in [0.05, 0.1) is 24.2 Å². The minimum absolute atomic E-state index is 0.0204. The van der Waals surface area contributed by atoms with Crippen LogP contribution in [0.5, 0.6) is 0 Å². The molecule has 9 heteroatoms. The van der Waals surface area contributed by atoms with Crippen molar-refractivity contribution in [3.05, 3.63) is 12.4 Å². The molecule has 0 aliphatic carbocycles. The van der Waals surface area contributed by atoms with Crippen molar-refractivity contribution >= 4 is 9.84 Å². The van der Waals surface area contributed by atoms with E-state index in [-0.39, 0.29) is 17.1 Å². The maximum absolute atomic E-state index is 12.1. The smallest absolute Gasteiger partial charge is 0.181 e. The van der Waals surface area contributed by atoms with E-state index in [0.29, 0.717) is 0 Å². The number of rotatable bonds is 4. The van der Waals surface area contributed by atoms with Crippen LogP contribution < -0.4 is 0 Å². The Morgan fingerprint density at radius 3 is 2.52 bits per heavy atom. The molecule has 2 unspecified atom stereocenters. The molecule has 1 saturated heterocycles. The predicted octanol–water partition coefficient (Wildman–Crippen LogP) is -1.55. The molecule has 1 aliphatic heterocycles. The van der Waals surface area contributed by atoms with Gasteiger partial charge in [0.25, 0.3) is 0 Å². The van der Waals surface area contributed by atoms with Gasteiger partial charge in [0.1, 0.15) is 23.2 Å². The highest BCUT2D eigenvalue weighted by Crippen LogP contribution is 2.24. The molecule has 2 rings (SSSR count). The summed E-state index contributed by atoms with van der Waals surface area (Å²) in [6.45, 7) is 1.56. The molecule has 0 spiro atoms. The van der Waals surface area contributed by atoms with Gasteiger partial charge < -0.3 is 20.1 Å². The zero-order chi connectivity index (χ0) is 15.8. The molecule has 1 aromatic heterocycles. The van der Waals surface area contributed by atoms with Gasteiger partial charge in [-0.15, -0.1) is 0 Å². The summed E-state index contributed by atoms with van der Waals surface area (Å²) in [5.41, 5.74) is 0. The van der Waals surface area contributed by atoms with Crippen LogP contribution in [-0.4, -0.2) is 69.8 Å². The van der Waals surface area contributed by atoms with E-state index < -0.39 is 40.4 Å². The van der Waals surface area contributed by atoms with Gasteiger partial charge in [0.2, 0.25) is 0 Å². The van der Waals surface area contributed by atoms with E-state index >= 15 is 0 Å². The van der Waals surface area contributed by atoms with Crippen molar-refractivity contribution in [2.45, 2.75) is 48.8 Å². The summed E-state index contributed by atoms with van der Waals surface area (Å²) >= 11 is 0. The Balaban J connectivity index is 2.02. The quantitative estimate of drug-likeness (QED) is 0.614. The molecule has 0 bridgehead atoms. The van der Waals surface area contributed by atoms with Gasteiger partial charge >= 0.3 is 0 Å². The Kier molecular flexibility index (Phi) is 4.69. The molecule has 2 heterocycles. The number of hydrogen-bond donors (Lipinski definition) is 3. The standard InChI is InChI=1S/C12H20N2O6S/c1-7-10(15)12(17)11(16)9(20-7)3-4-21(18,19)8-5-13-14(2)6-8/h5-7,9-12,15-17H,3-4H2,1-2H3/t7?,9-,10-,11?,12+/m1/s1. The Hall–Kier alpha value is -1.00. The zero-order valence-electron chi connectivity index (χ0n) is 11.8. The Labute approximate surface area is 122 Å². The monoisotopic (exact) mass is 320 g/mol. The maximum Gasteiger partial charge on any atom is 0.181 e. The number of aliphatic hydroxyl groups excluding tert-OH is 3. The van der Waals surface area contributed by atoms with Gasteiger partial charge in [-0.1, -0.05) is 0 Å². The molecule has 1 aliphatic rings. The van der Waals surface area contributed by atoms with Crippen LogP contribution in [0.15, 0.2) is 17.3 Å². The topological polar surface area (TPSA) is 122 Å². The first kappa shape index (κ1) is 16.4. The van der Waals surface area contributed by atoms with Crippen LogP contribution in [-0.2, 0) is 21.6 Å². The van der Waals surface area contributed by atoms with Crippen LogP contribution in [0.25, 0.3) is 0 Å². The Morgan fingerprint density at radius 2 is 1.95 bits per heavy atom. The lowest BCUT2D eigenvalue weighted by Crippen LogP contribution is -2.56. The minimum atomic E-state index is -3.53. The van der Waals surface area contributed by atoms with Crippen molar-refractivity contribution in [3.63, 3.8) is 0 Å². The second-order valence-corrected chi connectivity index (χ2v) is 7.42. The molecule has 21 heavy (non-hydrogen) atoms. The van der Waals surface area contributed by atoms with Crippen LogP contribution in [0.3, 0.4) is 0 Å². The number of ether oxygens (including phenoxy) is 1.